The SMILES string of the molecule is CCCNc1ncc(N(C(N)=O)C(C(=O)NC2C(=O)N3C(C(=O)[O-])=C(CSc4nnnn4C)CS[C@@H]23)c2ccco2)c(O)n1.[Na+]. The molecule has 2 aliphatic rings. The fourth-order valence-corrected chi connectivity index (χ4v) is 6.91. The summed E-state index contributed by atoms with van der Waals surface area (Å²) < 4.78 is 6.85. The van der Waals surface area contributed by atoms with Crippen LogP contribution in [0.2, 0.25) is 0 Å². The first-order valence-corrected chi connectivity index (χ1v) is 15.1. The van der Waals surface area contributed by atoms with Crippen LogP contribution < -0.4 is 55.9 Å². The van der Waals surface area contributed by atoms with Gasteiger partial charge in [-0.3, -0.25) is 19.4 Å². The Morgan fingerprint density at radius 3 is 2.76 bits per heavy atom. The Balaban J connectivity index is 0.00000461. The van der Waals surface area contributed by atoms with E-state index in [0.29, 0.717) is 17.3 Å². The number of tetrazole rings is 1. The summed E-state index contributed by atoms with van der Waals surface area (Å²) in [5.74, 6) is -3.30. The molecule has 0 aliphatic carbocycles. The van der Waals surface area contributed by atoms with Crippen molar-refractivity contribution in [1.82, 2.24) is 40.4 Å². The summed E-state index contributed by atoms with van der Waals surface area (Å²) in [5.41, 5.74) is 5.52. The van der Waals surface area contributed by atoms with Gasteiger partial charge in [-0.2, -0.15) is 4.98 Å². The first-order valence-electron chi connectivity index (χ1n) is 13.1. The number of carboxylic acids is 1. The summed E-state index contributed by atoms with van der Waals surface area (Å²) >= 11 is 2.44. The van der Waals surface area contributed by atoms with Crippen molar-refractivity contribution in [3.05, 3.63) is 41.6 Å². The molecule has 4 amide bonds. The quantitative estimate of drug-likeness (QED) is 0.0815. The number of hydrogen-bond acceptors (Lipinski definition) is 15. The number of thioether (sulfide) groups is 2. The molecule has 0 aromatic carbocycles. The van der Waals surface area contributed by atoms with Crippen LogP contribution in [-0.2, 0) is 21.4 Å². The van der Waals surface area contributed by atoms with Gasteiger partial charge in [0.15, 0.2) is 6.04 Å². The molecule has 45 heavy (non-hydrogen) atoms. The topological polar surface area (TPSA) is 251 Å². The van der Waals surface area contributed by atoms with Crippen molar-refractivity contribution >= 4 is 59.0 Å². The molecule has 5 rings (SSSR count). The Hall–Kier alpha value is -3.85. The number of aryl methyl sites for hydroxylation is 1. The van der Waals surface area contributed by atoms with Crippen LogP contribution in [0, 0.1) is 0 Å². The van der Waals surface area contributed by atoms with Crippen LogP contribution >= 0.6 is 23.5 Å². The molecule has 0 radical (unpaired) electrons. The molecule has 18 nitrogen and oxygen atoms in total. The molecule has 3 aromatic rings. The van der Waals surface area contributed by atoms with Gasteiger partial charge in [0.05, 0.1) is 24.1 Å². The third-order valence-electron chi connectivity index (χ3n) is 6.59. The number of furan rings is 1. The van der Waals surface area contributed by atoms with Crippen LogP contribution in [0.3, 0.4) is 0 Å². The Morgan fingerprint density at radius 2 is 2.16 bits per heavy atom. The number of nitrogens with two attached hydrogens (primary N) is 1. The third-order valence-corrected chi connectivity index (χ3v) is 9.03. The first kappa shape index (κ1) is 34.0. The number of β-lactam (4-membered cyclic amide) rings is 1. The molecular formula is C24H26N11NaO7S2. The minimum absolute atomic E-state index is 0. The fraction of sp³-hybridized carbons (Fsp3) is 0.375. The molecule has 1 fully saturated rings. The Morgan fingerprint density at radius 1 is 1.38 bits per heavy atom. The summed E-state index contributed by atoms with van der Waals surface area (Å²) in [7, 11) is 1.64. The van der Waals surface area contributed by atoms with Crippen LogP contribution in [0.5, 0.6) is 5.88 Å². The number of aromatic nitrogens is 6. The first-order chi connectivity index (χ1) is 21.1. The summed E-state index contributed by atoms with van der Waals surface area (Å²) in [4.78, 5) is 61.7. The van der Waals surface area contributed by atoms with Crippen molar-refractivity contribution in [2.45, 2.75) is 36.0 Å². The number of anilines is 2. The van der Waals surface area contributed by atoms with Crippen LogP contribution in [0.1, 0.15) is 25.1 Å². The molecule has 1 saturated heterocycles. The van der Waals surface area contributed by atoms with Gasteiger partial charge in [0, 0.05) is 25.1 Å². The third kappa shape index (κ3) is 6.88. The van der Waals surface area contributed by atoms with Gasteiger partial charge >= 0.3 is 35.6 Å². The molecule has 5 N–H and O–H groups in total. The van der Waals surface area contributed by atoms with Crippen LogP contribution in [0.4, 0.5) is 16.4 Å². The van der Waals surface area contributed by atoms with E-state index in [0.717, 1.165) is 22.4 Å². The predicted molar refractivity (Wildman–Crippen MR) is 153 cm³/mol. The second-order valence-corrected chi connectivity index (χ2v) is 11.5. The maximum atomic E-state index is 13.7. The summed E-state index contributed by atoms with van der Waals surface area (Å²) in [6.07, 6.45) is 3.15. The van der Waals surface area contributed by atoms with Gasteiger partial charge in [-0.15, -0.1) is 16.9 Å². The van der Waals surface area contributed by atoms with Gasteiger partial charge in [0.1, 0.15) is 22.9 Å². The Kier molecular flexibility index (Phi) is 11.0. The van der Waals surface area contributed by atoms with E-state index in [-0.39, 0.29) is 64.2 Å². The minimum Gasteiger partial charge on any atom is -0.543 e. The van der Waals surface area contributed by atoms with Gasteiger partial charge < -0.3 is 35.8 Å². The number of primary amides is 1. The number of rotatable bonds is 12. The Bertz CT molecular complexity index is 1620. The van der Waals surface area contributed by atoms with Crippen LogP contribution in [-0.4, -0.2) is 93.5 Å². The molecule has 0 saturated carbocycles. The normalized spacial score (nSPS) is 17.9. The van der Waals surface area contributed by atoms with Gasteiger partial charge in [-0.05, 0) is 34.6 Å². The monoisotopic (exact) mass is 667 g/mol. The average Bonchev–Trinajstić information content (AvgIpc) is 3.67. The minimum atomic E-state index is -1.59. The van der Waals surface area contributed by atoms with Crippen molar-refractivity contribution in [3.63, 3.8) is 0 Å². The van der Waals surface area contributed by atoms with E-state index in [1.807, 2.05) is 6.92 Å². The van der Waals surface area contributed by atoms with Crippen molar-refractivity contribution in [2.24, 2.45) is 12.8 Å². The van der Waals surface area contributed by atoms with E-state index in [2.05, 4.69) is 36.1 Å². The summed E-state index contributed by atoms with van der Waals surface area (Å²) in [6.45, 7) is 2.45. The zero-order valence-corrected chi connectivity index (χ0v) is 27.9. The van der Waals surface area contributed by atoms with Crippen molar-refractivity contribution < 1.29 is 63.4 Å². The number of carbonyl (C=O) groups is 4. The molecule has 3 atom stereocenters. The van der Waals surface area contributed by atoms with Crippen molar-refractivity contribution in [2.75, 3.05) is 28.3 Å². The van der Waals surface area contributed by atoms with Crippen LogP contribution in [0.25, 0.3) is 0 Å². The standard InChI is InChI=1S/C24H27N11O7S2.Na/c1-3-6-26-23-27-8-12(17(36)29-23)34(22(25)41)16(13-5-4-7-42-13)18(37)28-14-19(38)35-15(21(39)40)11(9-43-20(14)35)10-44-24-30-31-32-33(24)2;/h4-5,7-8,14,16,20H,3,6,9-10H2,1-2H3,(H2,25,41)(H,28,37)(H,39,40)(H2,26,27,29,36);/q;+1/p-1/t14?,16?,20-;/m0./s1. The van der Waals surface area contributed by atoms with E-state index < -0.39 is 47.2 Å². The largest absolute Gasteiger partial charge is 1.00 e. The van der Waals surface area contributed by atoms with E-state index >= 15 is 0 Å². The number of urea groups is 1. The summed E-state index contributed by atoms with van der Waals surface area (Å²) in [5, 5.41) is 39.1. The number of fused-ring (bicyclic) bond motifs is 1. The molecule has 5 heterocycles. The van der Waals surface area contributed by atoms with Gasteiger partial charge in [0.25, 0.3) is 11.8 Å². The fourth-order valence-electron chi connectivity index (χ4n) is 4.57. The smallest absolute Gasteiger partial charge is 0.543 e. The maximum Gasteiger partial charge on any atom is 1.00 e. The average molecular weight is 668 g/mol. The second-order valence-electron chi connectivity index (χ2n) is 9.46. The Labute approximate surface area is 285 Å². The van der Waals surface area contributed by atoms with Gasteiger partial charge in [-0.25, -0.2) is 14.5 Å². The number of nitrogens with zero attached hydrogens (tertiary/aromatic N) is 8. The van der Waals surface area contributed by atoms with E-state index in [9.17, 15) is 29.4 Å². The molecule has 232 valence electrons. The zero-order chi connectivity index (χ0) is 31.5. The number of hydrogen-bond donors (Lipinski definition) is 4. The number of aliphatic carboxylic acids is 1. The molecule has 2 aliphatic heterocycles. The molecule has 0 bridgehead atoms. The number of aromatic hydroxyl groups is 1. The van der Waals surface area contributed by atoms with E-state index in [1.54, 1.807) is 7.05 Å². The number of amides is 4. The second kappa shape index (κ2) is 14.5. The number of carboxylic acid groups (broad SMARTS) is 1. The molecule has 21 heteroatoms. The molecule has 2 unspecified atom stereocenters. The molecular weight excluding hydrogens is 641 g/mol. The van der Waals surface area contributed by atoms with Crippen LogP contribution in [0.15, 0.2) is 45.4 Å². The van der Waals surface area contributed by atoms with Crippen molar-refractivity contribution in [3.8, 4) is 5.88 Å². The van der Waals surface area contributed by atoms with Gasteiger partial charge in [-0.1, -0.05) is 18.7 Å². The summed E-state index contributed by atoms with van der Waals surface area (Å²) in [6, 6.07) is -1.01. The maximum absolute atomic E-state index is 13.7. The predicted octanol–water partition coefficient (Wildman–Crippen LogP) is -4.05. The van der Waals surface area contributed by atoms with E-state index in [4.69, 9.17) is 10.2 Å². The molecule has 3 aromatic heterocycles. The zero-order valence-electron chi connectivity index (χ0n) is 24.2. The number of carbonyl (C=O) groups excluding carboxylic acids is 4. The molecule has 0 spiro atoms. The van der Waals surface area contributed by atoms with E-state index in [1.165, 1.54) is 46.6 Å². The van der Waals surface area contributed by atoms with Crippen molar-refractivity contribution in [1.29, 1.82) is 0 Å². The number of nitrogens with one attached hydrogen (secondary N) is 2. The van der Waals surface area contributed by atoms with Gasteiger partial charge in [0.2, 0.25) is 17.0 Å².